The van der Waals surface area contributed by atoms with Gasteiger partial charge in [0.2, 0.25) is 15.9 Å². The van der Waals surface area contributed by atoms with Gasteiger partial charge in [-0.15, -0.1) is 0 Å². The Morgan fingerprint density at radius 3 is 2.57 bits per heavy atom. The highest BCUT2D eigenvalue weighted by molar-refractivity contribution is 7.89. The summed E-state index contributed by atoms with van der Waals surface area (Å²) in [6.07, 6.45) is 4.13. The van der Waals surface area contributed by atoms with Crippen molar-refractivity contribution in [1.82, 2.24) is 10.0 Å². The molecule has 150 valence electrons. The maximum absolute atomic E-state index is 13.5. The number of halogens is 1. The summed E-state index contributed by atoms with van der Waals surface area (Å²) >= 11 is 0. The average molecular weight is 405 g/mol. The fourth-order valence-electron chi connectivity index (χ4n) is 3.29. The summed E-state index contributed by atoms with van der Waals surface area (Å²) in [5.41, 5.74) is 3.52. The number of rotatable bonds is 7. The van der Waals surface area contributed by atoms with Crippen molar-refractivity contribution in [2.45, 2.75) is 50.5 Å². The Hall–Kier alpha value is -2.25. The lowest BCUT2D eigenvalue weighted by Gasteiger charge is -2.16. The molecule has 28 heavy (non-hydrogen) atoms. The van der Waals surface area contributed by atoms with E-state index in [1.165, 1.54) is 11.6 Å². The fourth-order valence-corrected chi connectivity index (χ4v) is 4.38. The van der Waals surface area contributed by atoms with Crippen LogP contribution in [0.25, 0.3) is 0 Å². The predicted molar refractivity (Wildman–Crippen MR) is 106 cm³/mol. The highest BCUT2D eigenvalue weighted by atomic mass is 32.2. The summed E-state index contributed by atoms with van der Waals surface area (Å²) in [5, 5.41) is 2.67. The summed E-state index contributed by atoms with van der Waals surface area (Å²) in [4.78, 5) is 12.2. The third-order valence-corrected chi connectivity index (χ3v) is 6.46. The van der Waals surface area contributed by atoms with Crippen LogP contribution in [0.3, 0.4) is 0 Å². The first-order valence-electron chi connectivity index (χ1n) is 9.48. The van der Waals surface area contributed by atoms with Crippen molar-refractivity contribution in [3.05, 3.63) is 64.5 Å². The van der Waals surface area contributed by atoms with Gasteiger partial charge in [0.05, 0.1) is 4.90 Å². The molecule has 1 aliphatic carbocycles. The summed E-state index contributed by atoms with van der Waals surface area (Å²) < 4.78 is 40.9. The Morgan fingerprint density at radius 1 is 1.07 bits per heavy atom. The molecular formula is C21H25FN2O3S. The normalized spacial score (nSPS) is 13.8. The fraction of sp³-hybridized carbons (Fsp3) is 0.381. The van der Waals surface area contributed by atoms with Crippen LogP contribution in [0.15, 0.2) is 41.3 Å². The predicted octanol–water partition coefficient (Wildman–Crippen LogP) is 3.00. The van der Waals surface area contributed by atoms with E-state index >= 15 is 0 Å². The second kappa shape index (κ2) is 8.84. The van der Waals surface area contributed by atoms with E-state index < -0.39 is 10.0 Å². The summed E-state index contributed by atoms with van der Waals surface area (Å²) in [7, 11) is -3.65. The molecule has 2 aromatic rings. The van der Waals surface area contributed by atoms with Gasteiger partial charge in [0.25, 0.3) is 0 Å². The summed E-state index contributed by atoms with van der Waals surface area (Å²) in [6, 6.07) is 10.0. The van der Waals surface area contributed by atoms with Gasteiger partial charge in [0.15, 0.2) is 0 Å². The van der Waals surface area contributed by atoms with Crippen LogP contribution in [0.1, 0.15) is 41.5 Å². The Balaban J connectivity index is 1.49. The van der Waals surface area contributed by atoms with Crippen LogP contribution in [0.5, 0.6) is 0 Å². The molecule has 2 aromatic carbocycles. The number of nitrogens with one attached hydrogen (secondary N) is 2. The number of hydrogen-bond donors (Lipinski definition) is 2. The van der Waals surface area contributed by atoms with Crippen molar-refractivity contribution in [3.63, 3.8) is 0 Å². The van der Waals surface area contributed by atoms with Crippen LogP contribution in [-0.4, -0.2) is 20.9 Å². The Labute approximate surface area is 165 Å². The van der Waals surface area contributed by atoms with Crippen molar-refractivity contribution in [2.75, 3.05) is 6.54 Å². The zero-order valence-corrected chi connectivity index (χ0v) is 16.7. The monoisotopic (exact) mass is 404 g/mol. The van der Waals surface area contributed by atoms with Gasteiger partial charge in [-0.2, -0.15) is 0 Å². The topological polar surface area (TPSA) is 75.3 Å². The zero-order chi connectivity index (χ0) is 20.1. The van der Waals surface area contributed by atoms with Crippen LogP contribution in [0.2, 0.25) is 0 Å². The number of benzene rings is 2. The zero-order valence-electron chi connectivity index (χ0n) is 15.9. The number of carbonyl (C=O) groups is 1. The van der Waals surface area contributed by atoms with E-state index in [9.17, 15) is 17.6 Å². The maximum atomic E-state index is 13.5. The molecule has 0 saturated heterocycles. The van der Waals surface area contributed by atoms with E-state index in [4.69, 9.17) is 0 Å². The van der Waals surface area contributed by atoms with Gasteiger partial charge >= 0.3 is 0 Å². The lowest BCUT2D eigenvalue weighted by atomic mass is 9.92. The molecule has 0 aliphatic heterocycles. The molecule has 0 unspecified atom stereocenters. The third-order valence-electron chi connectivity index (χ3n) is 5.00. The first-order chi connectivity index (χ1) is 13.3. The van der Waals surface area contributed by atoms with Crippen LogP contribution in [-0.2, 0) is 34.2 Å². The van der Waals surface area contributed by atoms with Gasteiger partial charge in [0.1, 0.15) is 5.82 Å². The van der Waals surface area contributed by atoms with Crippen molar-refractivity contribution in [2.24, 2.45) is 0 Å². The molecule has 0 aromatic heterocycles. The third kappa shape index (κ3) is 5.17. The van der Waals surface area contributed by atoms with E-state index in [1.54, 1.807) is 31.2 Å². The first-order valence-corrected chi connectivity index (χ1v) is 11.0. The number of amides is 1. The smallest absolute Gasteiger partial charge is 0.240 e. The number of fused-ring (bicyclic) bond motifs is 1. The van der Waals surface area contributed by atoms with Gasteiger partial charge in [0, 0.05) is 19.5 Å². The van der Waals surface area contributed by atoms with Gasteiger partial charge in [-0.3, -0.25) is 4.79 Å². The molecule has 1 aliphatic rings. The molecule has 0 radical (unpaired) electrons. The van der Waals surface area contributed by atoms with E-state index in [-0.39, 0.29) is 36.1 Å². The molecule has 5 nitrogen and oxygen atoms in total. The lowest BCUT2D eigenvalue weighted by Crippen LogP contribution is -2.30. The SMILES string of the molecule is Cc1ccc(CNC(=O)CCNS(=O)(=O)c2ccc3c(c2)CCCC3)cc1F. The number of aryl methyl sites for hydroxylation is 3. The summed E-state index contributed by atoms with van der Waals surface area (Å²) in [5.74, 6) is -0.612. The van der Waals surface area contributed by atoms with Crippen LogP contribution >= 0.6 is 0 Å². The molecule has 0 fully saturated rings. The van der Waals surface area contributed by atoms with Crippen molar-refractivity contribution < 1.29 is 17.6 Å². The average Bonchev–Trinajstić information content (AvgIpc) is 2.68. The van der Waals surface area contributed by atoms with E-state index in [0.717, 1.165) is 31.2 Å². The van der Waals surface area contributed by atoms with Crippen LogP contribution in [0, 0.1) is 12.7 Å². The largest absolute Gasteiger partial charge is 0.352 e. The molecule has 3 rings (SSSR count). The quantitative estimate of drug-likeness (QED) is 0.745. The minimum atomic E-state index is -3.65. The van der Waals surface area contributed by atoms with Gasteiger partial charge in [-0.1, -0.05) is 18.2 Å². The Kier molecular flexibility index (Phi) is 6.46. The molecule has 0 bridgehead atoms. The maximum Gasteiger partial charge on any atom is 0.240 e. The van der Waals surface area contributed by atoms with E-state index in [2.05, 4.69) is 10.0 Å². The van der Waals surface area contributed by atoms with Gasteiger partial charge < -0.3 is 5.32 Å². The van der Waals surface area contributed by atoms with E-state index in [0.29, 0.717) is 11.1 Å². The Morgan fingerprint density at radius 2 is 1.82 bits per heavy atom. The number of carbonyl (C=O) groups excluding carboxylic acids is 1. The second-order valence-electron chi connectivity index (χ2n) is 7.15. The molecule has 0 heterocycles. The standard InChI is InChI=1S/C21H25FN2O3S/c1-15-6-7-16(12-20(15)22)14-23-21(25)10-11-24-28(26,27)19-9-8-17-4-2-3-5-18(17)13-19/h6-9,12-13,24H,2-5,10-11,14H2,1H3,(H,23,25). The van der Waals surface area contributed by atoms with E-state index in [1.807, 2.05) is 6.07 Å². The minimum Gasteiger partial charge on any atom is -0.352 e. The highest BCUT2D eigenvalue weighted by Crippen LogP contribution is 2.24. The highest BCUT2D eigenvalue weighted by Gasteiger charge is 2.17. The number of hydrogen-bond acceptors (Lipinski definition) is 3. The molecule has 2 N–H and O–H groups in total. The van der Waals surface area contributed by atoms with Crippen molar-refractivity contribution in [1.29, 1.82) is 0 Å². The van der Waals surface area contributed by atoms with Gasteiger partial charge in [-0.05, 0) is 73.1 Å². The Bertz CT molecular complexity index is 974. The molecule has 1 amide bonds. The molecule has 7 heteroatoms. The first kappa shape index (κ1) is 20.5. The molecule has 0 atom stereocenters. The molecular weight excluding hydrogens is 379 g/mol. The summed E-state index contributed by atoms with van der Waals surface area (Å²) in [6.45, 7) is 1.88. The van der Waals surface area contributed by atoms with Crippen LogP contribution < -0.4 is 10.0 Å². The minimum absolute atomic E-state index is 0.00745. The lowest BCUT2D eigenvalue weighted by molar-refractivity contribution is -0.121. The van der Waals surface area contributed by atoms with Crippen molar-refractivity contribution in [3.8, 4) is 0 Å². The second-order valence-corrected chi connectivity index (χ2v) is 8.91. The van der Waals surface area contributed by atoms with Gasteiger partial charge in [-0.25, -0.2) is 17.5 Å². The molecule has 0 saturated carbocycles. The van der Waals surface area contributed by atoms with Crippen LogP contribution in [0.4, 0.5) is 4.39 Å². The van der Waals surface area contributed by atoms with Crippen molar-refractivity contribution >= 4 is 15.9 Å². The number of sulfonamides is 1. The molecule has 0 spiro atoms.